The first-order valence-corrected chi connectivity index (χ1v) is 11.6. The third-order valence-electron chi connectivity index (χ3n) is 6.12. The monoisotopic (exact) mass is 477 g/mol. The van der Waals surface area contributed by atoms with Crippen molar-refractivity contribution in [2.75, 3.05) is 12.3 Å². The van der Waals surface area contributed by atoms with Gasteiger partial charge in [0, 0.05) is 30.6 Å². The van der Waals surface area contributed by atoms with Crippen LogP contribution in [0.15, 0.2) is 54.9 Å². The number of benzene rings is 1. The van der Waals surface area contributed by atoms with E-state index in [0.717, 1.165) is 36.0 Å². The Labute approximate surface area is 208 Å². The van der Waals surface area contributed by atoms with Crippen molar-refractivity contribution in [2.45, 2.75) is 32.2 Å². The largest absolute Gasteiger partial charge is 0.439 e. The SMILES string of the molecule is CC#CC(=O)N1CCCCC1c1nc(-c2ccc(Oc3cc(C#N)ccn3)cc2)n2c(N)nccc12. The Morgan fingerprint density at radius 1 is 1.14 bits per heavy atom. The number of piperidine rings is 1. The first-order chi connectivity index (χ1) is 17.6. The van der Waals surface area contributed by atoms with E-state index in [9.17, 15) is 4.79 Å². The highest BCUT2D eigenvalue weighted by molar-refractivity contribution is 5.94. The van der Waals surface area contributed by atoms with E-state index in [1.807, 2.05) is 27.5 Å². The fraction of sp³-hybridized carbons (Fsp3) is 0.222. The van der Waals surface area contributed by atoms with Crippen LogP contribution in [0.25, 0.3) is 16.9 Å². The number of rotatable bonds is 4. The van der Waals surface area contributed by atoms with Gasteiger partial charge in [-0.1, -0.05) is 5.92 Å². The number of pyridine rings is 1. The van der Waals surface area contributed by atoms with Crippen LogP contribution in [0.2, 0.25) is 0 Å². The van der Waals surface area contributed by atoms with Crippen LogP contribution in [0.3, 0.4) is 0 Å². The zero-order valence-electron chi connectivity index (χ0n) is 19.7. The number of nitrogen functional groups attached to an aromatic ring is 1. The highest BCUT2D eigenvalue weighted by Crippen LogP contribution is 2.36. The highest BCUT2D eigenvalue weighted by atomic mass is 16.5. The fourth-order valence-corrected chi connectivity index (χ4v) is 4.49. The number of carbonyl (C=O) groups excluding carboxylic acids is 1. The second-order valence-electron chi connectivity index (χ2n) is 8.35. The van der Waals surface area contributed by atoms with Crippen molar-refractivity contribution in [1.82, 2.24) is 24.3 Å². The molecule has 2 N–H and O–H groups in total. The van der Waals surface area contributed by atoms with Crippen molar-refractivity contribution in [2.24, 2.45) is 0 Å². The standard InChI is InChI=1S/C27H23N7O2/c1-2-5-24(35)33-15-4-3-6-21(33)25-22-12-14-31-27(29)34(22)26(32-25)19-7-9-20(10-8-19)36-23-16-18(17-28)11-13-30-23/h7-14,16,21H,3-4,6,15H2,1H3,(H2,29,31). The average molecular weight is 478 g/mol. The first-order valence-electron chi connectivity index (χ1n) is 11.6. The molecule has 4 aromatic rings. The number of carbonyl (C=O) groups is 1. The van der Waals surface area contributed by atoms with E-state index in [4.69, 9.17) is 20.7 Å². The molecule has 1 aliphatic rings. The van der Waals surface area contributed by atoms with Gasteiger partial charge >= 0.3 is 0 Å². The van der Waals surface area contributed by atoms with Crippen molar-refractivity contribution in [3.63, 3.8) is 0 Å². The van der Waals surface area contributed by atoms with E-state index in [1.165, 1.54) is 6.20 Å². The second kappa shape index (κ2) is 9.77. The number of likely N-dealkylation sites (tertiary alicyclic amines) is 1. The topological polar surface area (TPSA) is 122 Å². The predicted molar refractivity (Wildman–Crippen MR) is 134 cm³/mol. The minimum Gasteiger partial charge on any atom is -0.439 e. The summed E-state index contributed by atoms with van der Waals surface area (Å²) in [5.41, 5.74) is 9.16. The van der Waals surface area contributed by atoms with Crippen LogP contribution in [-0.2, 0) is 4.79 Å². The molecule has 0 saturated carbocycles. The lowest BCUT2D eigenvalue weighted by Gasteiger charge is -2.33. The minimum atomic E-state index is -0.196. The maximum atomic E-state index is 12.7. The highest BCUT2D eigenvalue weighted by Gasteiger charge is 2.31. The van der Waals surface area contributed by atoms with Crippen molar-refractivity contribution < 1.29 is 9.53 Å². The average Bonchev–Trinajstić information content (AvgIpc) is 3.30. The molecule has 0 radical (unpaired) electrons. The summed E-state index contributed by atoms with van der Waals surface area (Å²) in [5, 5.41) is 9.08. The van der Waals surface area contributed by atoms with Gasteiger partial charge in [-0.2, -0.15) is 5.26 Å². The molecule has 0 aliphatic carbocycles. The number of aromatic nitrogens is 4. The minimum absolute atomic E-state index is 0.192. The lowest BCUT2D eigenvalue weighted by atomic mass is 9.98. The summed E-state index contributed by atoms with van der Waals surface area (Å²) in [6, 6.07) is 14.3. The van der Waals surface area contributed by atoms with Gasteiger partial charge in [-0.05, 0) is 68.5 Å². The Balaban J connectivity index is 1.53. The van der Waals surface area contributed by atoms with Crippen molar-refractivity contribution >= 4 is 17.4 Å². The van der Waals surface area contributed by atoms with Crippen LogP contribution in [0, 0.1) is 23.2 Å². The molecular weight excluding hydrogens is 454 g/mol. The number of ether oxygens (including phenoxy) is 1. The van der Waals surface area contributed by atoms with Gasteiger partial charge in [-0.25, -0.2) is 15.0 Å². The fourth-order valence-electron chi connectivity index (χ4n) is 4.49. The van der Waals surface area contributed by atoms with Gasteiger partial charge in [0.2, 0.25) is 11.8 Å². The molecule has 3 aromatic heterocycles. The number of nitrogens with zero attached hydrogens (tertiary/aromatic N) is 6. The summed E-state index contributed by atoms with van der Waals surface area (Å²) in [4.78, 5) is 27.9. The molecule has 1 aromatic carbocycles. The van der Waals surface area contributed by atoms with Crippen LogP contribution in [0.5, 0.6) is 11.6 Å². The van der Waals surface area contributed by atoms with Gasteiger partial charge < -0.3 is 15.4 Å². The van der Waals surface area contributed by atoms with Crippen LogP contribution in [0.1, 0.15) is 43.5 Å². The zero-order valence-corrected chi connectivity index (χ0v) is 19.7. The molecule has 1 saturated heterocycles. The summed E-state index contributed by atoms with van der Waals surface area (Å²) in [5.74, 6) is 7.03. The Bertz CT molecular complexity index is 1540. The van der Waals surface area contributed by atoms with Gasteiger partial charge in [-0.3, -0.25) is 9.20 Å². The van der Waals surface area contributed by atoms with Crippen molar-refractivity contribution in [3.05, 3.63) is 66.1 Å². The van der Waals surface area contributed by atoms with Gasteiger partial charge in [0.25, 0.3) is 5.91 Å². The number of imidazole rings is 1. The lowest BCUT2D eigenvalue weighted by molar-refractivity contribution is -0.128. The lowest BCUT2D eigenvalue weighted by Crippen LogP contribution is -2.38. The second-order valence-corrected chi connectivity index (χ2v) is 8.35. The Kier molecular flexibility index (Phi) is 6.21. The number of nitrogens with two attached hydrogens (primary N) is 1. The normalized spacial score (nSPS) is 15.1. The molecule has 9 nitrogen and oxygen atoms in total. The molecule has 0 bridgehead atoms. The van der Waals surface area contributed by atoms with Gasteiger partial charge in [0.1, 0.15) is 11.6 Å². The van der Waals surface area contributed by atoms with Crippen LogP contribution < -0.4 is 10.5 Å². The number of fused-ring (bicyclic) bond motifs is 1. The van der Waals surface area contributed by atoms with E-state index < -0.39 is 0 Å². The number of amides is 1. The third-order valence-corrected chi connectivity index (χ3v) is 6.12. The van der Waals surface area contributed by atoms with E-state index in [2.05, 4.69) is 27.9 Å². The molecule has 1 unspecified atom stereocenters. The smallest absolute Gasteiger partial charge is 0.299 e. The third kappa shape index (κ3) is 4.30. The number of hydrogen-bond acceptors (Lipinski definition) is 7. The summed E-state index contributed by atoms with van der Waals surface area (Å²) < 4.78 is 7.61. The molecule has 4 heterocycles. The van der Waals surface area contributed by atoms with Gasteiger partial charge in [-0.15, -0.1) is 0 Å². The van der Waals surface area contributed by atoms with E-state index in [-0.39, 0.29) is 11.9 Å². The molecule has 1 aliphatic heterocycles. The molecule has 36 heavy (non-hydrogen) atoms. The molecule has 1 fully saturated rings. The van der Waals surface area contributed by atoms with Gasteiger partial charge in [0.15, 0.2) is 0 Å². The quantitative estimate of drug-likeness (QED) is 0.439. The number of hydrogen-bond donors (Lipinski definition) is 1. The maximum Gasteiger partial charge on any atom is 0.299 e. The summed E-state index contributed by atoms with van der Waals surface area (Å²) in [6.07, 6.45) is 5.91. The van der Waals surface area contributed by atoms with Crippen molar-refractivity contribution in [3.8, 4) is 40.9 Å². The maximum absolute atomic E-state index is 12.7. The van der Waals surface area contributed by atoms with E-state index in [1.54, 1.807) is 37.4 Å². The zero-order chi connectivity index (χ0) is 25.1. The van der Waals surface area contributed by atoms with Crippen LogP contribution >= 0.6 is 0 Å². The molecular formula is C27H23N7O2. The summed E-state index contributed by atoms with van der Waals surface area (Å²) in [6.45, 7) is 2.30. The van der Waals surface area contributed by atoms with E-state index in [0.29, 0.717) is 35.5 Å². The molecule has 0 spiro atoms. The van der Waals surface area contributed by atoms with Gasteiger partial charge in [0.05, 0.1) is 28.9 Å². The van der Waals surface area contributed by atoms with Crippen LogP contribution in [0.4, 0.5) is 5.95 Å². The molecule has 178 valence electrons. The first kappa shape index (κ1) is 22.9. The predicted octanol–water partition coefficient (Wildman–Crippen LogP) is 4.11. The number of nitriles is 1. The molecule has 1 amide bonds. The summed E-state index contributed by atoms with van der Waals surface area (Å²) >= 11 is 0. The number of anilines is 1. The summed E-state index contributed by atoms with van der Waals surface area (Å²) in [7, 11) is 0. The molecule has 1 atom stereocenters. The molecule has 9 heteroatoms. The molecule has 5 rings (SSSR count). The Morgan fingerprint density at radius 2 is 1.94 bits per heavy atom. The van der Waals surface area contributed by atoms with Crippen LogP contribution in [-0.4, -0.2) is 36.7 Å². The van der Waals surface area contributed by atoms with E-state index >= 15 is 0 Å². The van der Waals surface area contributed by atoms with Crippen molar-refractivity contribution in [1.29, 1.82) is 5.26 Å². The Morgan fingerprint density at radius 3 is 2.72 bits per heavy atom. The Hall–Kier alpha value is -4.89.